The summed E-state index contributed by atoms with van der Waals surface area (Å²) in [6, 6.07) is 0. The summed E-state index contributed by atoms with van der Waals surface area (Å²) in [7, 11) is 1.61. The summed E-state index contributed by atoms with van der Waals surface area (Å²) in [5, 5.41) is 8.60. The Hall–Kier alpha value is -0.870. The van der Waals surface area contributed by atoms with Gasteiger partial charge in [0.05, 0.1) is 18.6 Å². The molecule has 0 aromatic carbocycles. The summed E-state index contributed by atoms with van der Waals surface area (Å²) in [6.45, 7) is 0.462. The Bertz CT molecular complexity index is 197. The summed E-state index contributed by atoms with van der Waals surface area (Å²) < 4.78 is 6.58. The number of ether oxygens (including phenoxy) is 1. The van der Waals surface area contributed by atoms with Gasteiger partial charge in [-0.2, -0.15) is 0 Å². The normalized spacial score (nSPS) is 10.2. The zero-order valence-corrected chi connectivity index (χ0v) is 5.82. The predicted molar refractivity (Wildman–Crippen MR) is 35.2 cm³/mol. The average molecular weight is 142 g/mol. The summed E-state index contributed by atoms with van der Waals surface area (Å²) in [5.74, 6) is 0. The fraction of sp³-hybridized carbons (Fsp3) is 0.500. The average Bonchev–Trinajstić information content (AvgIpc) is 2.37. The fourth-order valence-electron chi connectivity index (χ4n) is 0.708. The Morgan fingerprint density at radius 2 is 2.60 bits per heavy atom. The summed E-state index contributed by atoms with van der Waals surface area (Å²) in [5.41, 5.74) is 0.664. The van der Waals surface area contributed by atoms with Gasteiger partial charge in [0.2, 0.25) is 0 Å². The van der Waals surface area contributed by atoms with Gasteiger partial charge in [-0.1, -0.05) is 0 Å². The molecule has 0 spiro atoms. The molecule has 1 heterocycles. The predicted octanol–water partition coefficient (Wildman–Crippen LogP) is -0.0207. The van der Waals surface area contributed by atoms with Gasteiger partial charge in [-0.05, 0) is 0 Å². The van der Waals surface area contributed by atoms with Crippen molar-refractivity contribution in [2.24, 2.45) is 0 Å². The second kappa shape index (κ2) is 3.34. The van der Waals surface area contributed by atoms with Crippen LogP contribution in [0.15, 0.2) is 12.5 Å². The molecule has 0 atom stereocenters. The van der Waals surface area contributed by atoms with Crippen LogP contribution in [-0.2, 0) is 18.1 Å². The van der Waals surface area contributed by atoms with Gasteiger partial charge >= 0.3 is 0 Å². The van der Waals surface area contributed by atoms with Crippen molar-refractivity contribution >= 4 is 0 Å². The Kier molecular flexibility index (Phi) is 2.42. The van der Waals surface area contributed by atoms with Crippen molar-refractivity contribution in [1.82, 2.24) is 9.55 Å². The van der Waals surface area contributed by atoms with Gasteiger partial charge in [-0.25, -0.2) is 4.98 Å². The molecule has 0 aliphatic heterocycles. The van der Waals surface area contributed by atoms with Crippen LogP contribution in [0, 0.1) is 0 Å². The van der Waals surface area contributed by atoms with Crippen molar-refractivity contribution in [2.45, 2.75) is 13.3 Å². The molecule has 0 radical (unpaired) electrons. The molecule has 0 unspecified atom stereocenters. The minimum Gasteiger partial charge on any atom is -0.390 e. The highest BCUT2D eigenvalue weighted by Gasteiger charge is 1.93. The quantitative estimate of drug-likeness (QED) is 0.645. The van der Waals surface area contributed by atoms with Crippen LogP contribution in [0.2, 0.25) is 0 Å². The van der Waals surface area contributed by atoms with Crippen LogP contribution in [0.3, 0.4) is 0 Å². The maximum absolute atomic E-state index is 8.60. The smallest absolute Gasteiger partial charge is 0.123 e. The molecule has 0 fully saturated rings. The molecule has 10 heavy (non-hydrogen) atoms. The van der Waals surface area contributed by atoms with Crippen molar-refractivity contribution in [3.63, 3.8) is 0 Å². The number of aliphatic hydroxyl groups is 1. The Balaban J connectivity index is 2.59. The van der Waals surface area contributed by atoms with Gasteiger partial charge in [0.1, 0.15) is 6.73 Å². The monoisotopic (exact) mass is 142 g/mol. The van der Waals surface area contributed by atoms with Crippen molar-refractivity contribution in [3.05, 3.63) is 18.2 Å². The van der Waals surface area contributed by atoms with E-state index in [0.717, 1.165) is 0 Å². The minimum absolute atomic E-state index is 0.0171. The van der Waals surface area contributed by atoms with E-state index in [2.05, 4.69) is 4.98 Å². The highest BCUT2D eigenvalue weighted by molar-refractivity contribution is 4.93. The van der Waals surface area contributed by atoms with E-state index in [0.29, 0.717) is 12.4 Å². The molecular formula is C6H10N2O2. The van der Waals surface area contributed by atoms with Gasteiger partial charge in [0, 0.05) is 13.3 Å². The third-order valence-electron chi connectivity index (χ3n) is 1.13. The zero-order valence-electron chi connectivity index (χ0n) is 5.82. The summed E-state index contributed by atoms with van der Waals surface area (Å²) in [4.78, 5) is 3.89. The largest absolute Gasteiger partial charge is 0.390 e. The molecule has 0 bridgehead atoms. The molecular weight excluding hydrogens is 132 g/mol. The second-order valence-electron chi connectivity index (χ2n) is 1.96. The van der Waals surface area contributed by atoms with E-state index in [1.807, 2.05) is 0 Å². The molecule has 1 N–H and O–H groups in total. The van der Waals surface area contributed by atoms with E-state index < -0.39 is 0 Å². The Labute approximate surface area is 59.1 Å². The third-order valence-corrected chi connectivity index (χ3v) is 1.13. The van der Waals surface area contributed by atoms with Crippen molar-refractivity contribution in [1.29, 1.82) is 0 Å². The topological polar surface area (TPSA) is 47.3 Å². The van der Waals surface area contributed by atoms with Crippen LogP contribution in [0.25, 0.3) is 0 Å². The lowest BCUT2D eigenvalue weighted by Gasteiger charge is -1.95. The first-order valence-corrected chi connectivity index (χ1v) is 2.97. The number of hydrogen-bond donors (Lipinski definition) is 1. The maximum Gasteiger partial charge on any atom is 0.123 e. The summed E-state index contributed by atoms with van der Waals surface area (Å²) >= 11 is 0. The van der Waals surface area contributed by atoms with Crippen LogP contribution < -0.4 is 0 Å². The van der Waals surface area contributed by atoms with Gasteiger partial charge in [-0.15, -0.1) is 0 Å². The lowest BCUT2D eigenvalue weighted by Crippen LogP contribution is -1.95. The fourth-order valence-corrected chi connectivity index (χ4v) is 0.708. The molecule has 4 heteroatoms. The first kappa shape index (κ1) is 7.24. The third kappa shape index (κ3) is 1.55. The number of aliphatic hydroxyl groups excluding tert-OH is 1. The van der Waals surface area contributed by atoms with Crippen molar-refractivity contribution < 1.29 is 9.84 Å². The van der Waals surface area contributed by atoms with Crippen molar-refractivity contribution in [2.75, 3.05) is 7.11 Å². The van der Waals surface area contributed by atoms with E-state index in [1.54, 1.807) is 24.2 Å². The molecule has 1 aromatic heterocycles. The van der Waals surface area contributed by atoms with E-state index in [4.69, 9.17) is 9.84 Å². The SMILES string of the molecule is COCn1cnc(CO)c1. The maximum atomic E-state index is 8.60. The molecule has 0 saturated carbocycles. The Morgan fingerprint density at radius 3 is 3.10 bits per heavy atom. The number of nitrogens with zero attached hydrogens (tertiary/aromatic N) is 2. The second-order valence-corrected chi connectivity index (χ2v) is 1.96. The van der Waals surface area contributed by atoms with Gasteiger partial charge < -0.3 is 14.4 Å². The summed E-state index contributed by atoms with van der Waals surface area (Å²) in [6.07, 6.45) is 3.36. The van der Waals surface area contributed by atoms with Crippen LogP contribution >= 0.6 is 0 Å². The zero-order chi connectivity index (χ0) is 7.40. The molecule has 4 nitrogen and oxygen atoms in total. The molecule has 56 valence electrons. The number of imidazole rings is 1. The number of rotatable bonds is 3. The van der Waals surface area contributed by atoms with E-state index in [9.17, 15) is 0 Å². The minimum atomic E-state index is -0.0171. The lowest BCUT2D eigenvalue weighted by molar-refractivity contribution is 0.131. The van der Waals surface area contributed by atoms with E-state index >= 15 is 0 Å². The van der Waals surface area contributed by atoms with E-state index in [1.165, 1.54) is 0 Å². The highest BCUT2D eigenvalue weighted by atomic mass is 16.5. The van der Waals surface area contributed by atoms with Crippen LogP contribution in [0.4, 0.5) is 0 Å². The number of hydrogen-bond acceptors (Lipinski definition) is 3. The van der Waals surface area contributed by atoms with Crippen LogP contribution in [0.5, 0.6) is 0 Å². The van der Waals surface area contributed by atoms with Crippen LogP contribution in [-0.4, -0.2) is 21.8 Å². The first-order valence-electron chi connectivity index (χ1n) is 2.97. The number of aromatic nitrogens is 2. The molecule has 0 aliphatic carbocycles. The lowest BCUT2D eigenvalue weighted by atomic mass is 10.5. The van der Waals surface area contributed by atoms with E-state index in [-0.39, 0.29) is 6.61 Å². The molecule has 0 amide bonds. The molecule has 1 rings (SSSR count). The molecule has 1 aromatic rings. The van der Waals surface area contributed by atoms with Gasteiger partial charge in [0.15, 0.2) is 0 Å². The standard InChI is InChI=1S/C6H10N2O2/c1-10-5-8-2-6(3-9)7-4-8/h2,4,9H,3,5H2,1H3. The van der Waals surface area contributed by atoms with Gasteiger partial charge in [0.25, 0.3) is 0 Å². The van der Waals surface area contributed by atoms with Gasteiger partial charge in [-0.3, -0.25) is 0 Å². The molecule has 0 saturated heterocycles. The van der Waals surface area contributed by atoms with Crippen LogP contribution in [0.1, 0.15) is 5.69 Å². The molecule has 0 aliphatic rings. The number of methoxy groups -OCH3 is 1. The first-order chi connectivity index (χ1) is 4.86. The Morgan fingerprint density at radius 1 is 1.80 bits per heavy atom. The highest BCUT2D eigenvalue weighted by Crippen LogP contribution is 1.94. The van der Waals surface area contributed by atoms with Crippen molar-refractivity contribution in [3.8, 4) is 0 Å².